The molecule has 0 aromatic carbocycles. The van der Waals surface area contributed by atoms with Crippen LogP contribution in [0.1, 0.15) is 22.5 Å². The van der Waals surface area contributed by atoms with Crippen molar-refractivity contribution in [2.24, 2.45) is 5.92 Å². The number of amides is 1. The lowest BCUT2D eigenvalue weighted by Gasteiger charge is -2.32. The first-order valence-electron chi connectivity index (χ1n) is 7.57. The fourth-order valence-electron chi connectivity index (χ4n) is 2.97. The number of thiazole rings is 1. The maximum absolute atomic E-state index is 12.5. The highest BCUT2D eigenvalue weighted by molar-refractivity contribution is 7.16. The predicted octanol–water partition coefficient (Wildman–Crippen LogP) is 2.82. The molecule has 22 heavy (non-hydrogen) atoms. The molecular formula is C16H21N3O2S. The molecule has 0 bridgehead atoms. The molecule has 1 aliphatic heterocycles. The second kappa shape index (κ2) is 6.62. The molecule has 2 aromatic rings. The van der Waals surface area contributed by atoms with Gasteiger partial charge < -0.3 is 14.2 Å². The minimum Gasteiger partial charge on any atom is -0.462 e. The van der Waals surface area contributed by atoms with E-state index in [0.29, 0.717) is 16.6 Å². The van der Waals surface area contributed by atoms with Crippen molar-refractivity contribution in [1.82, 2.24) is 14.8 Å². The van der Waals surface area contributed by atoms with Crippen LogP contribution in [0.4, 0.5) is 0 Å². The lowest BCUT2D eigenvalue weighted by Crippen LogP contribution is -2.39. The second-order valence-electron chi connectivity index (χ2n) is 5.96. The molecule has 6 heteroatoms. The van der Waals surface area contributed by atoms with E-state index in [4.69, 9.17) is 4.42 Å². The molecule has 1 atom stereocenters. The number of carbonyl (C=O) groups is 1. The van der Waals surface area contributed by atoms with Crippen molar-refractivity contribution in [1.29, 1.82) is 0 Å². The summed E-state index contributed by atoms with van der Waals surface area (Å²) in [6.45, 7) is 3.03. The molecule has 0 N–H and O–H groups in total. The molecule has 118 valence electrons. The third-order valence-corrected chi connectivity index (χ3v) is 5.05. The fraction of sp³-hybridized carbons (Fsp3) is 0.500. The van der Waals surface area contributed by atoms with Crippen molar-refractivity contribution < 1.29 is 9.21 Å². The Balaban J connectivity index is 1.63. The highest BCUT2D eigenvalue weighted by Gasteiger charge is 2.22. The second-order valence-corrected chi connectivity index (χ2v) is 6.99. The van der Waals surface area contributed by atoms with Crippen LogP contribution < -0.4 is 0 Å². The van der Waals surface area contributed by atoms with E-state index in [1.807, 2.05) is 24.1 Å². The van der Waals surface area contributed by atoms with E-state index in [1.54, 1.807) is 12.5 Å². The quantitative estimate of drug-likeness (QED) is 0.869. The summed E-state index contributed by atoms with van der Waals surface area (Å²) in [5.41, 5.74) is 0. The first kappa shape index (κ1) is 15.2. The number of hydrogen-bond acceptors (Lipinski definition) is 5. The number of hydrogen-bond donors (Lipinski definition) is 0. The first-order chi connectivity index (χ1) is 10.6. The van der Waals surface area contributed by atoms with Gasteiger partial charge in [-0.25, -0.2) is 4.98 Å². The Morgan fingerprint density at radius 3 is 3.18 bits per heavy atom. The van der Waals surface area contributed by atoms with Gasteiger partial charge >= 0.3 is 0 Å². The van der Waals surface area contributed by atoms with Crippen LogP contribution in [0.25, 0.3) is 10.8 Å². The van der Waals surface area contributed by atoms with Gasteiger partial charge in [0.25, 0.3) is 5.91 Å². The maximum Gasteiger partial charge on any atom is 0.265 e. The van der Waals surface area contributed by atoms with Crippen LogP contribution in [0, 0.1) is 5.92 Å². The summed E-state index contributed by atoms with van der Waals surface area (Å²) in [6.07, 6.45) is 5.67. The van der Waals surface area contributed by atoms with Gasteiger partial charge in [0, 0.05) is 20.1 Å². The summed E-state index contributed by atoms with van der Waals surface area (Å²) in [7, 11) is 4.02. The zero-order valence-corrected chi connectivity index (χ0v) is 13.8. The van der Waals surface area contributed by atoms with E-state index in [2.05, 4.69) is 16.9 Å². The molecule has 5 nitrogen and oxygen atoms in total. The largest absolute Gasteiger partial charge is 0.462 e. The molecule has 3 heterocycles. The van der Waals surface area contributed by atoms with Crippen molar-refractivity contribution in [2.75, 3.05) is 33.7 Å². The van der Waals surface area contributed by atoms with Gasteiger partial charge in [0.05, 0.1) is 12.5 Å². The standard InChI is InChI=1S/C16H21N3O2S/c1-18-7-3-5-12(10-18)11-19(2)16(20)14-9-17-15(22-14)13-6-4-8-21-13/h4,6,8-9,12H,3,5,7,10-11H2,1-2H3. The zero-order chi connectivity index (χ0) is 15.5. The highest BCUT2D eigenvalue weighted by atomic mass is 32.1. The van der Waals surface area contributed by atoms with E-state index >= 15 is 0 Å². The average Bonchev–Trinajstić information content (AvgIpc) is 3.17. The van der Waals surface area contributed by atoms with Crippen LogP contribution in [-0.4, -0.2) is 54.4 Å². The van der Waals surface area contributed by atoms with Gasteiger partial charge in [0.1, 0.15) is 4.88 Å². The lowest BCUT2D eigenvalue weighted by molar-refractivity contribution is 0.0745. The fourth-order valence-corrected chi connectivity index (χ4v) is 3.85. The number of rotatable bonds is 4. The van der Waals surface area contributed by atoms with Crippen molar-refractivity contribution in [2.45, 2.75) is 12.8 Å². The van der Waals surface area contributed by atoms with Crippen LogP contribution >= 0.6 is 11.3 Å². The maximum atomic E-state index is 12.5. The third kappa shape index (κ3) is 3.39. The number of aromatic nitrogens is 1. The number of nitrogens with zero attached hydrogens (tertiary/aromatic N) is 3. The molecule has 0 saturated carbocycles. The van der Waals surface area contributed by atoms with Crippen LogP contribution in [-0.2, 0) is 0 Å². The Bertz CT molecular complexity index is 623. The van der Waals surface area contributed by atoms with Crippen LogP contribution in [0.5, 0.6) is 0 Å². The monoisotopic (exact) mass is 319 g/mol. The Hall–Kier alpha value is -1.66. The first-order valence-corrected chi connectivity index (χ1v) is 8.39. The Kier molecular flexibility index (Phi) is 4.59. The smallest absolute Gasteiger partial charge is 0.265 e. The summed E-state index contributed by atoms with van der Waals surface area (Å²) in [5.74, 6) is 1.31. The summed E-state index contributed by atoms with van der Waals surface area (Å²) >= 11 is 1.38. The summed E-state index contributed by atoms with van der Waals surface area (Å²) in [6, 6.07) is 3.68. The van der Waals surface area contributed by atoms with Crippen LogP contribution in [0.2, 0.25) is 0 Å². The van der Waals surface area contributed by atoms with Gasteiger partial charge in [-0.3, -0.25) is 4.79 Å². The zero-order valence-electron chi connectivity index (χ0n) is 13.0. The Morgan fingerprint density at radius 2 is 2.45 bits per heavy atom. The molecule has 0 spiro atoms. The van der Waals surface area contributed by atoms with Gasteiger partial charge in [-0.1, -0.05) is 0 Å². The summed E-state index contributed by atoms with van der Waals surface area (Å²) in [4.78, 5) is 21.7. The van der Waals surface area contributed by atoms with Crippen molar-refractivity contribution >= 4 is 17.2 Å². The number of likely N-dealkylation sites (tertiary alicyclic amines) is 1. The SMILES string of the molecule is CN1CCCC(CN(C)C(=O)c2cnc(-c3ccco3)s2)C1. The highest BCUT2D eigenvalue weighted by Crippen LogP contribution is 2.26. The van der Waals surface area contributed by atoms with Crippen molar-refractivity contribution in [3.05, 3.63) is 29.5 Å². The van der Waals surface area contributed by atoms with E-state index in [-0.39, 0.29) is 5.91 Å². The molecule has 2 aromatic heterocycles. The molecule has 3 rings (SSSR count). The third-order valence-electron chi connectivity index (χ3n) is 4.05. The molecule has 0 radical (unpaired) electrons. The number of carbonyl (C=O) groups excluding carboxylic acids is 1. The van der Waals surface area contributed by atoms with Crippen molar-refractivity contribution in [3.63, 3.8) is 0 Å². The molecule has 1 aliphatic rings. The molecule has 1 fully saturated rings. The molecule has 1 unspecified atom stereocenters. The summed E-state index contributed by atoms with van der Waals surface area (Å²) in [5, 5.41) is 0.749. The van der Waals surface area contributed by atoms with Gasteiger partial charge in [-0.05, 0) is 44.5 Å². The van der Waals surface area contributed by atoms with Crippen LogP contribution in [0.15, 0.2) is 29.0 Å². The summed E-state index contributed by atoms with van der Waals surface area (Å²) < 4.78 is 5.32. The van der Waals surface area contributed by atoms with Gasteiger partial charge in [0.15, 0.2) is 10.8 Å². The van der Waals surface area contributed by atoms with Gasteiger partial charge in [0.2, 0.25) is 0 Å². The van der Waals surface area contributed by atoms with Crippen LogP contribution in [0.3, 0.4) is 0 Å². The van der Waals surface area contributed by atoms with E-state index < -0.39 is 0 Å². The van der Waals surface area contributed by atoms with E-state index in [9.17, 15) is 4.79 Å². The van der Waals surface area contributed by atoms with Crippen molar-refractivity contribution in [3.8, 4) is 10.8 Å². The minimum absolute atomic E-state index is 0.0449. The molecule has 0 aliphatic carbocycles. The average molecular weight is 319 g/mol. The Labute approximate surface area is 134 Å². The number of piperidine rings is 1. The van der Waals surface area contributed by atoms with Gasteiger partial charge in [-0.2, -0.15) is 0 Å². The van der Waals surface area contributed by atoms with E-state index in [0.717, 1.165) is 24.6 Å². The lowest BCUT2D eigenvalue weighted by atomic mass is 9.98. The predicted molar refractivity (Wildman–Crippen MR) is 87.0 cm³/mol. The topological polar surface area (TPSA) is 49.6 Å². The van der Waals surface area contributed by atoms with Gasteiger partial charge in [-0.15, -0.1) is 11.3 Å². The van der Waals surface area contributed by atoms with E-state index in [1.165, 1.54) is 24.2 Å². The minimum atomic E-state index is 0.0449. The normalized spacial score (nSPS) is 19.3. The molecule has 1 saturated heterocycles. The number of furan rings is 1. The Morgan fingerprint density at radius 1 is 1.59 bits per heavy atom. The molecular weight excluding hydrogens is 298 g/mol. The molecule has 1 amide bonds.